The van der Waals surface area contributed by atoms with Gasteiger partial charge in [0.2, 0.25) is 0 Å². The van der Waals surface area contributed by atoms with Crippen molar-refractivity contribution in [3.63, 3.8) is 0 Å². The molecule has 1 saturated heterocycles. The average Bonchev–Trinajstić information content (AvgIpc) is 2.73. The first-order chi connectivity index (χ1) is 14.6. The van der Waals surface area contributed by atoms with Crippen molar-refractivity contribution in [3.05, 3.63) is 89.5 Å². The lowest BCUT2D eigenvalue weighted by atomic mass is 10.1. The van der Waals surface area contributed by atoms with Gasteiger partial charge in [-0.25, -0.2) is 0 Å². The van der Waals surface area contributed by atoms with Gasteiger partial charge < -0.3 is 15.3 Å². The minimum absolute atomic E-state index is 0.294. The molecule has 0 aromatic heterocycles. The fourth-order valence-electron chi connectivity index (χ4n) is 3.94. The second-order valence-corrected chi connectivity index (χ2v) is 7.80. The molecule has 1 heterocycles. The summed E-state index contributed by atoms with van der Waals surface area (Å²) in [4.78, 5) is 6.75. The molecule has 1 fully saturated rings. The van der Waals surface area contributed by atoms with Crippen LogP contribution in [0.1, 0.15) is 16.7 Å². The van der Waals surface area contributed by atoms with Crippen LogP contribution in [0.15, 0.2) is 72.8 Å². The Balaban J connectivity index is 1.53. The number of para-hydroxylation sites is 3. The van der Waals surface area contributed by atoms with E-state index in [4.69, 9.17) is 0 Å². The van der Waals surface area contributed by atoms with Crippen LogP contribution in [0.4, 0.5) is 0 Å². The normalized spacial score (nSPS) is 16.0. The number of phenols is 3. The number of rotatable bonds is 6. The zero-order chi connectivity index (χ0) is 20.9. The molecule has 0 amide bonds. The third-order valence-corrected chi connectivity index (χ3v) is 5.36. The van der Waals surface area contributed by atoms with Gasteiger partial charge in [-0.05, 0) is 18.2 Å². The number of aromatic hydroxyl groups is 3. The summed E-state index contributed by atoms with van der Waals surface area (Å²) in [7, 11) is 0. The zero-order valence-electron chi connectivity index (χ0n) is 16.9. The molecule has 0 bridgehead atoms. The van der Waals surface area contributed by atoms with E-state index in [0.717, 1.165) is 16.7 Å². The van der Waals surface area contributed by atoms with E-state index in [1.54, 1.807) is 18.2 Å². The van der Waals surface area contributed by atoms with Gasteiger partial charge in [-0.2, -0.15) is 0 Å². The Labute approximate surface area is 176 Å². The highest BCUT2D eigenvalue weighted by Crippen LogP contribution is 2.25. The number of benzene rings is 3. The molecular weight excluding hydrogens is 378 g/mol. The zero-order valence-corrected chi connectivity index (χ0v) is 16.9. The van der Waals surface area contributed by atoms with Gasteiger partial charge in [0.25, 0.3) is 0 Å². The lowest BCUT2D eigenvalue weighted by Gasteiger charge is -2.42. The second-order valence-electron chi connectivity index (χ2n) is 7.80. The smallest absolute Gasteiger partial charge is 0.120 e. The van der Waals surface area contributed by atoms with E-state index in [0.29, 0.717) is 56.9 Å². The Kier molecular flexibility index (Phi) is 6.18. The SMILES string of the molecule is Oc1ccccc1CN1CN(Cc2ccccc2O)CN(Cc2ccccc2O)C1. The van der Waals surface area contributed by atoms with Crippen molar-refractivity contribution in [2.75, 3.05) is 20.0 Å². The van der Waals surface area contributed by atoms with E-state index in [9.17, 15) is 15.3 Å². The van der Waals surface area contributed by atoms with E-state index >= 15 is 0 Å². The molecule has 156 valence electrons. The topological polar surface area (TPSA) is 70.4 Å². The van der Waals surface area contributed by atoms with Crippen molar-refractivity contribution < 1.29 is 15.3 Å². The summed E-state index contributed by atoms with van der Waals surface area (Å²) < 4.78 is 0. The first kappa shape index (κ1) is 20.2. The van der Waals surface area contributed by atoms with Gasteiger partial charge in [0, 0.05) is 36.3 Å². The maximum absolute atomic E-state index is 10.2. The van der Waals surface area contributed by atoms with Crippen molar-refractivity contribution in [1.82, 2.24) is 14.7 Å². The second kappa shape index (κ2) is 9.17. The predicted molar refractivity (Wildman–Crippen MR) is 116 cm³/mol. The highest BCUT2D eigenvalue weighted by atomic mass is 16.3. The van der Waals surface area contributed by atoms with Crippen molar-refractivity contribution in [3.8, 4) is 17.2 Å². The lowest BCUT2D eigenvalue weighted by molar-refractivity contribution is -0.0428. The van der Waals surface area contributed by atoms with E-state index < -0.39 is 0 Å². The van der Waals surface area contributed by atoms with E-state index in [-0.39, 0.29) is 0 Å². The Morgan fingerprint density at radius 2 is 0.733 bits per heavy atom. The van der Waals surface area contributed by atoms with E-state index in [1.807, 2.05) is 54.6 Å². The molecule has 6 nitrogen and oxygen atoms in total. The number of hydrogen-bond donors (Lipinski definition) is 3. The molecule has 0 spiro atoms. The van der Waals surface area contributed by atoms with Gasteiger partial charge in [-0.3, -0.25) is 14.7 Å². The third kappa shape index (κ3) is 4.91. The number of phenolic OH excluding ortho intramolecular Hbond substituents is 3. The summed E-state index contributed by atoms with van der Waals surface area (Å²) >= 11 is 0. The third-order valence-electron chi connectivity index (χ3n) is 5.36. The minimum atomic E-state index is 0.294. The summed E-state index contributed by atoms with van der Waals surface area (Å²) in [6.45, 7) is 3.96. The van der Waals surface area contributed by atoms with Gasteiger partial charge >= 0.3 is 0 Å². The standard InChI is InChI=1S/C24H27N3O3/c28-22-10-4-1-7-19(22)13-25-16-26(14-20-8-2-5-11-23(20)29)18-27(17-25)15-21-9-3-6-12-24(21)30/h1-12,28-30H,13-18H2. The molecule has 0 radical (unpaired) electrons. The maximum atomic E-state index is 10.2. The molecule has 1 aliphatic heterocycles. The van der Waals surface area contributed by atoms with Gasteiger partial charge in [-0.15, -0.1) is 0 Å². The van der Waals surface area contributed by atoms with Crippen LogP contribution < -0.4 is 0 Å². The summed E-state index contributed by atoms with van der Waals surface area (Å²) in [5.74, 6) is 0.882. The van der Waals surface area contributed by atoms with Crippen molar-refractivity contribution in [2.45, 2.75) is 19.6 Å². The van der Waals surface area contributed by atoms with Gasteiger partial charge in [-0.1, -0.05) is 54.6 Å². The molecule has 0 saturated carbocycles. The summed E-state index contributed by atoms with van der Waals surface area (Å²) in [5, 5.41) is 30.6. The molecule has 4 rings (SSSR count). The Hall–Kier alpha value is -3.06. The Bertz CT molecular complexity index is 861. The molecule has 1 aliphatic rings. The average molecular weight is 405 g/mol. The molecule has 3 N–H and O–H groups in total. The van der Waals surface area contributed by atoms with Crippen LogP contribution in [-0.2, 0) is 19.6 Å². The number of hydrogen-bond acceptors (Lipinski definition) is 6. The van der Waals surface area contributed by atoms with Crippen LogP contribution in [0.2, 0.25) is 0 Å². The molecule has 30 heavy (non-hydrogen) atoms. The van der Waals surface area contributed by atoms with Crippen LogP contribution in [0.3, 0.4) is 0 Å². The quantitative estimate of drug-likeness (QED) is 0.583. The van der Waals surface area contributed by atoms with Crippen LogP contribution in [-0.4, -0.2) is 50.0 Å². The minimum Gasteiger partial charge on any atom is -0.508 e. The van der Waals surface area contributed by atoms with Crippen molar-refractivity contribution in [1.29, 1.82) is 0 Å². The van der Waals surface area contributed by atoms with Gasteiger partial charge in [0.05, 0.1) is 20.0 Å². The summed E-state index contributed by atoms with van der Waals surface area (Å²) in [5.41, 5.74) is 2.64. The molecule has 3 aromatic carbocycles. The van der Waals surface area contributed by atoms with Crippen molar-refractivity contribution in [2.24, 2.45) is 0 Å². The summed E-state index contributed by atoms with van der Waals surface area (Å²) in [6, 6.07) is 22.2. The molecule has 6 heteroatoms. The fraction of sp³-hybridized carbons (Fsp3) is 0.250. The van der Waals surface area contributed by atoms with E-state index in [1.165, 1.54) is 0 Å². The van der Waals surface area contributed by atoms with Crippen LogP contribution in [0.5, 0.6) is 17.2 Å². The Morgan fingerprint density at radius 3 is 1.00 bits per heavy atom. The molecule has 0 atom stereocenters. The molecule has 0 unspecified atom stereocenters. The first-order valence-corrected chi connectivity index (χ1v) is 10.1. The van der Waals surface area contributed by atoms with Crippen LogP contribution in [0.25, 0.3) is 0 Å². The molecule has 0 aliphatic carbocycles. The van der Waals surface area contributed by atoms with Crippen LogP contribution in [0, 0.1) is 0 Å². The van der Waals surface area contributed by atoms with Crippen LogP contribution >= 0.6 is 0 Å². The molecule has 3 aromatic rings. The van der Waals surface area contributed by atoms with Crippen molar-refractivity contribution >= 4 is 0 Å². The summed E-state index contributed by atoms with van der Waals surface area (Å²) in [6.07, 6.45) is 0. The monoisotopic (exact) mass is 405 g/mol. The first-order valence-electron chi connectivity index (χ1n) is 10.1. The highest BCUT2D eigenvalue weighted by molar-refractivity contribution is 5.33. The Morgan fingerprint density at radius 1 is 0.467 bits per heavy atom. The van der Waals surface area contributed by atoms with Gasteiger partial charge in [0.15, 0.2) is 0 Å². The van der Waals surface area contributed by atoms with Gasteiger partial charge in [0.1, 0.15) is 17.2 Å². The van der Waals surface area contributed by atoms with E-state index in [2.05, 4.69) is 14.7 Å². The largest absolute Gasteiger partial charge is 0.508 e. The number of nitrogens with zero attached hydrogens (tertiary/aromatic N) is 3. The predicted octanol–water partition coefficient (Wildman–Crippen LogP) is 3.50. The molecular formula is C24H27N3O3. The fourth-order valence-corrected chi connectivity index (χ4v) is 3.94. The maximum Gasteiger partial charge on any atom is 0.120 e. The lowest BCUT2D eigenvalue weighted by Crippen LogP contribution is -2.53. The highest BCUT2D eigenvalue weighted by Gasteiger charge is 2.25.